The molecule has 0 spiro atoms. The monoisotopic (exact) mass is 245 g/mol. The summed E-state index contributed by atoms with van der Waals surface area (Å²) in [5.41, 5.74) is 0.419. The van der Waals surface area contributed by atoms with E-state index in [1.165, 1.54) is 0 Å². The molecule has 0 aromatic carbocycles. The third-order valence-electron chi connectivity index (χ3n) is 1.49. The summed E-state index contributed by atoms with van der Waals surface area (Å²) in [5.74, 6) is -0.713. The summed E-state index contributed by atoms with van der Waals surface area (Å²) < 4.78 is 11.1. The Morgan fingerprint density at radius 2 is 1.80 bits per heavy atom. The van der Waals surface area contributed by atoms with Crippen LogP contribution in [-0.2, 0) is 14.0 Å². The maximum atomic E-state index is 11.4. The largest absolute Gasteiger partial charge is 0.438 e. The van der Waals surface area contributed by atoms with Gasteiger partial charge in [-0.25, -0.2) is 4.79 Å². The molecule has 0 fully saturated rings. The summed E-state index contributed by atoms with van der Waals surface area (Å²) >= 11 is 0. The highest BCUT2D eigenvalue weighted by Crippen LogP contribution is 2.12. The van der Waals surface area contributed by atoms with E-state index in [1.807, 2.05) is 0 Å². The van der Waals surface area contributed by atoms with Crippen LogP contribution < -0.4 is 0 Å². The van der Waals surface area contributed by atoms with E-state index in [0.29, 0.717) is 5.57 Å². The van der Waals surface area contributed by atoms with Gasteiger partial charge in [-0.05, 0) is 26.6 Å². The maximum Gasteiger partial charge on any atom is 0.335 e. The van der Waals surface area contributed by atoms with Crippen molar-refractivity contribution in [3.63, 3.8) is 0 Å². The first-order valence-corrected chi connectivity index (χ1v) is 11.0. The van der Waals surface area contributed by atoms with Gasteiger partial charge in [-0.3, -0.25) is 0 Å². The van der Waals surface area contributed by atoms with Crippen molar-refractivity contribution in [3.05, 3.63) is 12.2 Å². The van der Waals surface area contributed by atoms with Crippen LogP contribution in [0.2, 0.25) is 32.7 Å². The van der Waals surface area contributed by atoms with Gasteiger partial charge in [0.25, 0.3) is 0 Å². The first-order chi connectivity index (χ1) is 6.63. The lowest BCUT2D eigenvalue weighted by Crippen LogP contribution is -2.41. The van der Waals surface area contributed by atoms with Crippen molar-refractivity contribution in [1.29, 1.82) is 0 Å². The number of carbonyl (C=O) groups excluding carboxylic acids is 1. The number of carbonyl (C=O) groups is 1. The minimum Gasteiger partial charge on any atom is -0.438 e. The van der Waals surface area contributed by atoms with Gasteiger partial charge in [-0.1, -0.05) is 19.7 Å². The topological polar surface area (TPSA) is 35.5 Å². The lowest BCUT2D eigenvalue weighted by Gasteiger charge is -2.28. The summed E-state index contributed by atoms with van der Waals surface area (Å²) in [6, 6.07) is 0. The standard InChI is InChI=1S/C10H21O3Si2/c1-8(2)9(11)12-10(14(3)4)13-15(5,6)7/h10H,1H2,2-7H3. The van der Waals surface area contributed by atoms with Gasteiger partial charge in [0.2, 0.25) is 0 Å². The van der Waals surface area contributed by atoms with Crippen LogP contribution >= 0.6 is 0 Å². The van der Waals surface area contributed by atoms with Gasteiger partial charge in [0.05, 0.1) is 0 Å². The average Bonchev–Trinajstić information content (AvgIpc) is 1.99. The molecule has 5 heteroatoms. The van der Waals surface area contributed by atoms with Gasteiger partial charge in [0.15, 0.2) is 14.2 Å². The molecule has 0 aliphatic heterocycles. The Morgan fingerprint density at radius 1 is 1.33 bits per heavy atom. The minimum atomic E-state index is -1.67. The third kappa shape index (κ3) is 6.64. The average molecular weight is 245 g/mol. The number of hydrogen-bond donors (Lipinski definition) is 0. The maximum absolute atomic E-state index is 11.4. The fourth-order valence-corrected chi connectivity index (χ4v) is 3.82. The molecule has 3 nitrogen and oxygen atoms in total. The van der Waals surface area contributed by atoms with E-state index in [-0.39, 0.29) is 11.9 Å². The minimum absolute atomic E-state index is 0.356. The molecule has 0 aliphatic rings. The number of ether oxygens (including phenoxy) is 1. The van der Waals surface area contributed by atoms with Gasteiger partial charge in [-0.15, -0.1) is 0 Å². The molecule has 0 heterocycles. The molecule has 15 heavy (non-hydrogen) atoms. The Hall–Kier alpha value is -0.396. The molecule has 1 atom stereocenters. The highest BCUT2D eigenvalue weighted by Gasteiger charge is 2.27. The van der Waals surface area contributed by atoms with Crippen LogP contribution in [0, 0.1) is 0 Å². The zero-order valence-electron chi connectivity index (χ0n) is 10.5. The fourth-order valence-electron chi connectivity index (χ4n) is 0.779. The van der Waals surface area contributed by atoms with E-state index < -0.39 is 17.1 Å². The summed E-state index contributed by atoms with van der Waals surface area (Å²) in [5, 5.41) is 0. The van der Waals surface area contributed by atoms with Crippen molar-refractivity contribution in [3.8, 4) is 0 Å². The second kappa shape index (κ2) is 5.62. The zero-order chi connectivity index (χ0) is 12.2. The third-order valence-corrected chi connectivity index (χ3v) is 3.83. The number of esters is 1. The van der Waals surface area contributed by atoms with Gasteiger partial charge < -0.3 is 9.16 Å². The van der Waals surface area contributed by atoms with Gasteiger partial charge >= 0.3 is 5.97 Å². The van der Waals surface area contributed by atoms with E-state index in [1.54, 1.807) is 6.92 Å². The fraction of sp³-hybridized carbons (Fsp3) is 0.700. The van der Waals surface area contributed by atoms with Crippen molar-refractivity contribution in [1.82, 2.24) is 0 Å². The van der Waals surface area contributed by atoms with E-state index >= 15 is 0 Å². The normalized spacial score (nSPS) is 13.8. The summed E-state index contributed by atoms with van der Waals surface area (Å²) in [6.45, 7) is 15.6. The molecule has 0 amide bonds. The SMILES string of the molecule is C=C(C)C(=O)OC(O[Si](C)(C)C)[Si](C)C. The van der Waals surface area contributed by atoms with Crippen LogP contribution in [0.15, 0.2) is 12.2 Å². The van der Waals surface area contributed by atoms with Crippen molar-refractivity contribution in [2.75, 3.05) is 0 Å². The second-order valence-electron chi connectivity index (χ2n) is 4.83. The van der Waals surface area contributed by atoms with Crippen LogP contribution in [0.4, 0.5) is 0 Å². The first-order valence-electron chi connectivity index (χ1n) is 4.98. The zero-order valence-corrected chi connectivity index (χ0v) is 12.5. The highest BCUT2D eigenvalue weighted by molar-refractivity contribution is 6.71. The summed E-state index contributed by atoms with van der Waals surface area (Å²) in [7, 11) is -2.47. The van der Waals surface area contributed by atoms with E-state index in [2.05, 4.69) is 39.3 Å². The first kappa shape index (κ1) is 14.6. The second-order valence-corrected chi connectivity index (χ2v) is 11.9. The smallest absolute Gasteiger partial charge is 0.335 e. The van der Waals surface area contributed by atoms with Gasteiger partial charge in [0.1, 0.15) is 8.80 Å². The molecule has 1 unspecified atom stereocenters. The van der Waals surface area contributed by atoms with Gasteiger partial charge in [0, 0.05) is 5.57 Å². The van der Waals surface area contributed by atoms with Crippen LogP contribution in [0.25, 0.3) is 0 Å². The molecule has 0 saturated heterocycles. The lowest BCUT2D eigenvalue weighted by atomic mass is 10.4. The van der Waals surface area contributed by atoms with Crippen molar-refractivity contribution in [2.24, 2.45) is 0 Å². The molecule has 0 saturated carbocycles. The Balaban J connectivity index is 4.42. The van der Waals surface area contributed by atoms with Crippen molar-refractivity contribution >= 4 is 23.1 Å². The Morgan fingerprint density at radius 3 is 2.07 bits per heavy atom. The van der Waals surface area contributed by atoms with E-state index in [0.717, 1.165) is 0 Å². The summed E-state index contributed by atoms with van der Waals surface area (Å²) in [4.78, 5) is 11.4. The lowest BCUT2D eigenvalue weighted by molar-refractivity contribution is -0.150. The molecule has 0 rings (SSSR count). The Labute approximate surface area is 95.2 Å². The quantitative estimate of drug-likeness (QED) is 0.323. The van der Waals surface area contributed by atoms with Crippen LogP contribution in [-0.4, -0.2) is 29.0 Å². The predicted molar refractivity (Wildman–Crippen MR) is 66.6 cm³/mol. The van der Waals surface area contributed by atoms with E-state index in [4.69, 9.17) is 9.16 Å². The van der Waals surface area contributed by atoms with Gasteiger partial charge in [-0.2, -0.15) is 0 Å². The molecular weight excluding hydrogens is 224 g/mol. The Bertz CT molecular complexity index is 244. The molecule has 0 aromatic heterocycles. The number of rotatable bonds is 5. The molecule has 87 valence electrons. The van der Waals surface area contributed by atoms with Crippen molar-refractivity contribution in [2.45, 2.75) is 45.6 Å². The van der Waals surface area contributed by atoms with E-state index in [9.17, 15) is 4.79 Å². The Kier molecular flexibility index (Phi) is 5.47. The molecule has 0 bridgehead atoms. The molecular formula is C10H21O3Si2. The van der Waals surface area contributed by atoms with Crippen LogP contribution in [0.1, 0.15) is 6.92 Å². The summed E-state index contributed by atoms with van der Waals surface area (Å²) in [6.07, 6.45) is 0. The van der Waals surface area contributed by atoms with Crippen LogP contribution in [0.3, 0.4) is 0 Å². The molecule has 0 N–H and O–H groups in total. The molecule has 0 aromatic rings. The van der Waals surface area contributed by atoms with Crippen LogP contribution in [0.5, 0.6) is 0 Å². The molecule has 0 aliphatic carbocycles. The predicted octanol–water partition coefficient (Wildman–Crippen LogP) is 2.58. The highest BCUT2D eigenvalue weighted by atomic mass is 28.4. The number of hydrogen-bond acceptors (Lipinski definition) is 3. The molecule has 1 radical (unpaired) electrons. The van der Waals surface area contributed by atoms with Crippen molar-refractivity contribution < 1.29 is 14.0 Å².